The highest BCUT2D eigenvalue weighted by atomic mass is 32.1. The van der Waals surface area contributed by atoms with Crippen molar-refractivity contribution in [3.63, 3.8) is 0 Å². The van der Waals surface area contributed by atoms with E-state index in [1.165, 1.54) is 11.1 Å². The van der Waals surface area contributed by atoms with E-state index in [1.807, 2.05) is 42.5 Å². The SMILES string of the molecule is Cc1ccccc1-c1nc(CNC(=S)Nc2ccccc2)cs1. The van der Waals surface area contributed by atoms with Crippen LogP contribution in [0.5, 0.6) is 0 Å². The normalized spacial score (nSPS) is 10.3. The number of benzene rings is 2. The van der Waals surface area contributed by atoms with Gasteiger partial charge in [0.05, 0.1) is 12.2 Å². The first-order chi connectivity index (χ1) is 11.2. The maximum absolute atomic E-state index is 5.31. The molecule has 0 saturated heterocycles. The van der Waals surface area contributed by atoms with Crippen LogP contribution < -0.4 is 10.6 Å². The Hall–Kier alpha value is -2.24. The van der Waals surface area contributed by atoms with Gasteiger partial charge in [0.25, 0.3) is 0 Å². The van der Waals surface area contributed by atoms with Crippen molar-refractivity contribution in [2.24, 2.45) is 0 Å². The number of rotatable bonds is 4. The number of hydrogen-bond acceptors (Lipinski definition) is 3. The Labute approximate surface area is 145 Å². The van der Waals surface area contributed by atoms with E-state index in [0.29, 0.717) is 11.7 Å². The molecule has 0 aliphatic heterocycles. The molecule has 1 aromatic heterocycles. The Morgan fingerprint density at radius 1 is 1.09 bits per heavy atom. The van der Waals surface area contributed by atoms with Crippen LogP contribution in [-0.2, 0) is 6.54 Å². The summed E-state index contributed by atoms with van der Waals surface area (Å²) in [5.74, 6) is 0. The van der Waals surface area contributed by atoms with Crippen molar-refractivity contribution in [1.82, 2.24) is 10.3 Å². The van der Waals surface area contributed by atoms with Crippen LogP contribution in [0.15, 0.2) is 60.0 Å². The fourth-order valence-corrected chi connectivity index (χ4v) is 3.29. The van der Waals surface area contributed by atoms with Crippen molar-refractivity contribution in [1.29, 1.82) is 0 Å². The lowest BCUT2D eigenvalue weighted by Gasteiger charge is -2.09. The zero-order valence-corrected chi connectivity index (χ0v) is 14.4. The maximum atomic E-state index is 5.31. The maximum Gasteiger partial charge on any atom is 0.171 e. The van der Waals surface area contributed by atoms with E-state index in [4.69, 9.17) is 12.2 Å². The molecule has 0 atom stereocenters. The summed E-state index contributed by atoms with van der Waals surface area (Å²) in [7, 11) is 0. The number of anilines is 1. The number of hydrogen-bond donors (Lipinski definition) is 2. The van der Waals surface area contributed by atoms with Crippen molar-refractivity contribution in [3.05, 3.63) is 71.2 Å². The molecule has 0 aliphatic rings. The van der Waals surface area contributed by atoms with Crippen molar-refractivity contribution < 1.29 is 0 Å². The summed E-state index contributed by atoms with van der Waals surface area (Å²) in [6, 6.07) is 18.2. The molecular weight excluding hydrogens is 322 g/mol. The summed E-state index contributed by atoms with van der Waals surface area (Å²) >= 11 is 6.97. The van der Waals surface area contributed by atoms with Gasteiger partial charge in [-0.15, -0.1) is 11.3 Å². The molecule has 0 aliphatic carbocycles. The molecule has 3 rings (SSSR count). The number of thiocarbonyl (C=S) groups is 1. The summed E-state index contributed by atoms with van der Waals surface area (Å²) in [4.78, 5) is 4.69. The lowest BCUT2D eigenvalue weighted by atomic mass is 10.1. The minimum absolute atomic E-state index is 0.599. The predicted molar refractivity (Wildman–Crippen MR) is 102 cm³/mol. The Kier molecular flexibility index (Phi) is 5.00. The average Bonchev–Trinajstić information content (AvgIpc) is 3.03. The topological polar surface area (TPSA) is 37.0 Å². The molecule has 0 unspecified atom stereocenters. The molecule has 23 heavy (non-hydrogen) atoms. The molecule has 0 spiro atoms. The van der Waals surface area contributed by atoms with E-state index in [2.05, 4.69) is 40.1 Å². The van der Waals surface area contributed by atoms with Crippen molar-refractivity contribution in [3.8, 4) is 10.6 Å². The zero-order valence-electron chi connectivity index (χ0n) is 12.7. The summed E-state index contributed by atoms with van der Waals surface area (Å²) in [5.41, 5.74) is 4.39. The Bertz CT molecular complexity index is 797. The second-order valence-corrected chi connectivity index (χ2v) is 6.40. The van der Waals surface area contributed by atoms with E-state index < -0.39 is 0 Å². The monoisotopic (exact) mass is 339 g/mol. The standard InChI is InChI=1S/C18H17N3S2/c1-13-7-5-6-10-16(13)17-20-15(12-23-17)11-19-18(22)21-14-8-3-2-4-9-14/h2-10,12H,11H2,1H3,(H2,19,21,22). The van der Waals surface area contributed by atoms with Crippen LogP contribution in [0.25, 0.3) is 10.6 Å². The van der Waals surface area contributed by atoms with Gasteiger partial charge in [0, 0.05) is 16.6 Å². The molecule has 0 bridgehead atoms. The Balaban J connectivity index is 1.59. The number of thiazole rings is 1. The van der Waals surface area contributed by atoms with Crippen LogP contribution in [0.3, 0.4) is 0 Å². The van der Waals surface area contributed by atoms with Gasteiger partial charge in [-0.25, -0.2) is 4.98 Å². The number of para-hydroxylation sites is 1. The van der Waals surface area contributed by atoms with Crippen LogP contribution >= 0.6 is 23.6 Å². The van der Waals surface area contributed by atoms with Crippen molar-refractivity contribution in [2.45, 2.75) is 13.5 Å². The lowest BCUT2D eigenvalue weighted by Crippen LogP contribution is -2.27. The fourth-order valence-electron chi connectivity index (χ4n) is 2.19. The third-order valence-corrected chi connectivity index (χ3v) is 4.56. The van der Waals surface area contributed by atoms with Gasteiger partial charge < -0.3 is 10.6 Å². The molecular formula is C18H17N3S2. The Morgan fingerprint density at radius 3 is 2.61 bits per heavy atom. The molecule has 2 aromatic carbocycles. The minimum atomic E-state index is 0.599. The van der Waals surface area contributed by atoms with Gasteiger partial charge in [0.1, 0.15) is 5.01 Å². The molecule has 3 aromatic rings. The highest BCUT2D eigenvalue weighted by molar-refractivity contribution is 7.80. The number of aromatic nitrogens is 1. The molecule has 1 heterocycles. The van der Waals surface area contributed by atoms with Crippen molar-refractivity contribution >= 4 is 34.4 Å². The lowest BCUT2D eigenvalue weighted by molar-refractivity contribution is 0.894. The molecule has 0 saturated carbocycles. The van der Waals surface area contributed by atoms with Gasteiger partial charge in [-0.1, -0.05) is 42.5 Å². The van der Waals surface area contributed by atoms with Crippen LogP contribution in [0.2, 0.25) is 0 Å². The molecule has 0 amide bonds. The first-order valence-corrected chi connectivity index (χ1v) is 8.61. The largest absolute Gasteiger partial charge is 0.357 e. The molecule has 116 valence electrons. The highest BCUT2D eigenvalue weighted by Crippen LogP contribution is 2.26. The van der Waals surface area contributed by atoms with E-state index in [9.17, 15) is 0 Å². The smallest absolute Gasteiger partial charge is 0.171 e. The average molecular weight is 339 g/mol. The predicted octanol–water partition coefficient (Wildman–Crippen LogP) is 4.61. The summed E-state index contributed by atoms with van der Waals surface area (Å²) < 4.78 is 0. The minimum Gasteiger partial charge on any atom is -0.357 e. The van der Waals surface area contributed by atoms with Gasteiger partial charge >= 0.3 is 0 Å². The first kappa shape index (κ1) is 15.6. The van der Waals surface area contributed by atoms with E-state index in [0.717, 1.165) is 16.4 Å². The second-order valence-electron chi connectivity index (χ2n) is 5.13. The summed E-state index contributed by atoms with van der Waals surface area (Å²) in [5, 5.41) is 10.1. The van der Waals surface area contributed by atoms with Gasteiger partial charge in [0.2, 0.25) is 0 Å². The van der Waals surface area contributed by atoms with Gasteiger partial charge in [-0.3, -0.25) is 0 Å². The van der Waals surface area contributed by atoms with Gasteiger partial charge in [0.15, 0.2) is 5.11 Å². The van der Waals surface area contributed by atoms with Gasteiger partial charge in [-0.05, 0) is 36.8 Å². The highest BCUT2D eigenvalue weighted by Gasteiger charge is 2.07. The zero-order chi connectivity index (χ0) is 16.1. The summed E-state index contributed by atoms with van der Waals surface area (Å²) in [6.45, 7) is 2.72. The van der Waals surface area contributed by atoms with Crippen LogP contribution in [-0.4, -0.2) is 10.1 Å². The quantitative estimate of drug-likeness (QED) is 0.681. The number of nitrogens with one attached hydrogen (secondary N) is 2. The van der Waals surface area contributed by atoms with Crippen molar-refractivity contribution in [2.75, 3.05) is 5.32 Å². The van der Waals surface area contributed by atoms with Crippen LogP contribution in [0.4, 0.5) is 5.69 Å². The molecule has 0 fully saturated rings. The van der Waals surface area contributed by atoms with E-state index in [1.54, 1.807) is 11.3 Å². The van der Waals surface area contributed by atoms with Crippen LogP contribution in [0, 0.1) is 6.92 Å². The molecule has 0 radical (unpaired) electrons. The van der Waals surface area contributed by atoms with E-state index >= 15 is 0 Å². The van der Waals surface area contributed by atoms with Gasteiger partial charge in [-0.2, -0.15) is 0 Å². The number of nitrogens with zero attached hydrogens (tertiary/aromatic N) is 1. The fraction of sp³-hybridized carbons (Fsp3) is 0.111. The summed E-state index contributed by atoms with van der Waals surface area (Å²) in [6.07, 6.45) is 0. The molecule has 3 nitrogen and oxygen atoms in total. The third kappa shape index (κ3) is 4.15. The Morgan fingerprint density at radius 2 is 1.83 bits per heavy atom. The first-order valence-electron chi connectivity index (χ1n) is 7.32. The number of aryl methyl sites for hydroxylation is 1. The third-order valence-electron chi connectivity index (χ3n) is 3.39. The van der Waals surface area contributed by atoms with Crippen LogP contribution in [0.1, 0.15) is 11.3 Å². The second kappa shape index (κ2) is 7.35. The molecule has 2 N–H and O–H groups in total. The van der Waals surface area contributed by atoms with E-state index in [-0.39, 0.29) is 0 Å². The molecule has 5 heteroatoms.